The van der Waals surface area contributed by atoms with Crippen LogP contribution in [0.5, 0.6) is 0 Å². The number of aliphatic hydroxyl groups excluding tert-OH is 1. The van der Waals surface area contributed by atoms with Crippen LogP contribution in [0.4, 0.5) is 4.79 Å². The summed E-state index contributed by atoms with van der Waals surface area (Å²) < 4.78 is 16.5. The Balaban J connectivity index is 2.09. The number of hydrogen-bond donors (Lipinski definition) is 1. The second-order valence-corrected chi connectivity index (χ2v) is 5.98. The van der Waals surface area contributed by atoms with Gasteiger partial charge in [-0.25, -0.2) is 4.79 Å². The van der Waals surface area contributed by atoms with Gasteiger partial charge in [0, 0.05) is 6.61 Å². The summed E-state index contributed by atoms with van der Waals surface area (Å²) >= 11 is 0. The van der Waals surface area contributed by atoms with Gasteiger partial charge in [-0.15, -0.1) is 0 Å². The quantitative estimate of drug-likeness (QED) is 0.805. The van der Waals surface area contributed by atoms with Crippen LogP contribution in [-0.4, -0.2) is 65.8 Å². The van der Waals surface area contributed by atoms with E-state index in [0.29, 0.717) is 13.2 Å². The van der Waals surface area contributed by atoms with Crippen LogP contribution in [0.1, 0.15) is 27.7 Å². The van der Waals surface area contributed by atoms with Crippen molar-refractivity contribution in [3.05, 3.63) is 0 Å². The summed E-state index contributed by atoms with van der Waals surface area (Å²) in [5, 5.41) is 9.97. The molecule has 0 aromatic heterocycles. The molecule has 110 valence electrons. The maximum absolute atomic E-state index is 12.2. The van der Waals surface area contributed by atoms with Crippen LogP contribution in [-0.2, 0) is 14.2 Å². The van der Waals surface area contributed by atoms with Gasteiger partial charge in [0.05, 0.1) is 19.2 Å². The number of hydrogen-bond acceptors (Lipinski definition) is 5. The first-order valence-electron chi connectivity index (χ1n) is 6.74. The van der Waals surface area contributed by atoms with Gasteiger partial charge >= 0.3 is 6.09 Å². The third kappa shape index (κ3) is 3.01. The number of ether oxygens (including phenoxy) is 3. The number of likely N-dealkylation sites (tertiary alicyclic amines) is 1. The highest BCUT2D eigenvalue weighted by molar-refractivity contribution is 5.69. The fraction of sp³-hybridized carbons (Fsp3) is 0.923. The van der Waals surface area contributed by atoms with Crippen molar-refractivity contribution >= 4 is 6.09 Å². The van der Waals surface area contributed by atoms with Crippen molar-refractivity contribution in [2.75, 3.05) is 19.8 Å². The van der Waals surface area contributed by atoms with Crippen LogP contribution in [0, 0.1) is 0 Å². The molecule has 2 rings (SSSR count). The molecule has 1 amide bonds. The summed E-state index contributed by atoms with van der Waals surface area (Å²) in [7, 11) is 0. The first kappa shape index (κ1) is 14.6. The summed E-state index contributed by atoms with van der Waals surface area (Å²) in [6.07, 6.45) is -1.56. The third-order valence-electron chi connectivity index (χ3n) is 3.30. The molecule has 0 unspecified atom stereocenters. The molecule has 0 aromatic carbocycles. The maximum Gasteiger partial charge on any atom is 0.410 e. The molecule has 1 N–H and O–H groups in total. The average Bonchev–Trinajstić information content (AvgIpc) is 2.80. The molecule has 6 nitrogen and oxygen atoms in total. The van der Waals surface area contributed by atoms with Gasteiger partial charge in [0.25, 0.3) is 0 Å². The van der Waals surface area contributed by atoms with Crippen molar-refractivity contribution in [3.8, 4) is 0 Å². The first-order chi connectivity index (χ1) is 8.83. The van der Waals surface area contributed by atoms with Gasteiger partial charge in [-0.1, -0.05) is 0 Å². The molecule has 2 fully saturated rings. The van der Waals surface area contributed by atoms with Gasteiger partial charge in [-0.05, 0) is 27.7 Å². The molecule has 0 bridgehead atoms. The fourth-order valence-electron chi connectivity index (χ4n) is 2.64. The van der Waals surface area contributed by atoms with Crippen molar-refractivity contribution in [2.45, 2.75) is 57.6 Å². The van der Waals surface area contributed by atoms with E-state index in [2.05, 4.69) is 0 Å². The first-order valence-corrected chi connectivity index (χ1v) is 6.74. The van der Waals surface area contributed by atoms with Crippen LogP contribution >= 0.6 is 0 Å². The number of rotatable bonds is 2. The number of carbonyl (C=O) groups excluding carboxylic acids is 1. The zero-order valence-electron chi connectivity index (χ0n) is 12.0. The highest BCUT2D eigenvalue weighted by Gasteiger charge is 2.53. The SMILES string of the molecule is CCO[C@H]1CN(C(=O)OC(C)(C)C)[C@H]2[C@@H]1OC[C@@H]2O. The summed E-state index contributed by atoms with van der Waals surface area (Å²) in [5.74, 6) is 0. The molecule has 2 aliphatic rings. The lowest BCUT2D eigenvalue weighted by Crippen LogP contribution is -2.46. The van der Waals surface area contributed by atoms with Crippen molar-refractivity contribution in [2.24, 2.45) is 0 Å². The topological polar surface area (TPSA) is 68.2 Å². The molecule has 0 aliphatic carbocycles. The minimum absolute atomic E-state index is 0.195. The largest absolute Gasteiger partial charge is 0.444 e. The second kappa shape index (κ2) is 5.26. The van der Waals surface area contributed by atoms with Crippen molar-refractivity contribution in [1.82, 2.24) is 4.90 Å². The van der Waals surface area contributed by atoms with Crippen molar-refractivity contribution in [1.29, 1.82) is 0 Å². The molecule has 19 heavy (non-hydrogen) atoms. The van der Waals surface area contributed by atoms with E-state index in [4.69, 9.17) is 14.2 Å². The van der Waals surface area contributed by atoms with E-state index < -0.39 is 17.8 Å². The van der Waals surface area contributed by atoms with Crippen LogP contribution in [0.3, 0.4) is 0 Å². The van der Waals surface area contributed by atoms with E-state index in [9.17, 15) is 9.90 Å². The predicted octanol–water partition coefficient (Wildman–Crippen LogP) is 0.770. The molecular weight excluding hydrogens is 250 g/mol. The molecule has 0 spiro atoms. The summed E-state index contributed by atoms with van der Waals surface area (Å²) in [4.78, 5) is 13.7. The Morgan fingerprint density at radius 2 is 2.16 bits per heavy atom. The van der Waals surface area contributed by atoms with Crippen LogP contribution in [0.15, 0.2) is 0 Å². The summed E-state index contributed by atoms with van der Waals surface area (Å²) in [6, 6.07) is -0.369. The Bertz CT molecular complexity index is 340. The lowest BCUT2D eigenvalue weighted by molar-refractivity contribution is -0.0289. The molecule has 0 aromatic rings. The lowest BCUT2D eigenvalue weighted by atomic mass is 10.1. The standard InChI is InChI=1S/C13H23NO5/c1-5-17-9-6-14(12(16)19-13(2,3)4)10-8(15)7-18-11(9)10/h8-11,15H,5-7H2,1-4H3/t8-,9-,10+,11+/m0/s1. The molecule has 2 heterocycles. The van der Waals surface area contributed by atoms with Crippen molar-refractivity contribution in [3.63, 3.8) is 0 Å². The van der Waals surface area contributed by atoms with Gasteiger partial charge in [0.15, 0.2) is 0 Å². The van der Waals surface area contributed by atoms with Crippen LogP contribution in [0.25, 0.3) is 0 Å². The number of amides is 1. The van der Waals surface area contributed by atoms with Gasteiger partial charge in [0.2, 0.25) is 0 Å². The Labute approximate surface area is 113 Å². The minimum atomic E-state index is -0.678. The highest BCUT2D eigenvalue weighted by Crippen LogP contribution is 2.32. The third-order valence-corrected chi connectivity index (χ3v) is 3.30. The zero-order chi connectivity index (χ0) is 14.2. The number of aliphatic hydroxyl groups is 1. The lowest BCUT2D eigenvalue weighted by Gasteiger charge is -2.28. The van der Waals surface area contributed by atoms with E-state index in [1.807, 2.05) is 27.7 Å². The smallest absolute Gasteiger partial charge is 0.410 e. The van der Waals surface area contributed by atoms with E-state index in [-0.39, 0.29) is 24.9 Å². The molecule has 0 radical (unpaired) electrons. The summed E-state index contributed by atoms with van der Waals surface area (Å²) in [5.41, 5.74) is -0.555. The molecule has 0 saturated carbocycles. The van der Waals surface area contributed by atoms with Gasteiger partial charge < -0.3 is 19.3 Å². The van der Waals surface area contributed by atoms with Gasteiger partial charge in [-0.2, -0.15) is 0 Å². The predicted molar refractivity (Wildman–Crippen MR) is 67.9 cm³/mol. The fourth-order valence-corrected chi connectivity index (χ4v) is 2.64. The van der Waals surface area contributed by atoms with Gasteiger partial charge in [0.1, 0.15) is 23.9 Å². The number of nitrogens with zero attached hydrogens (tertiary/aromatic N) is 1. The molecule has 2 aliphatic heterocycles. The Morgan fingerprint density at radius 1 is 1.47 bits per heavy atom. The monoisotopic (exact) mass is 273 g/mol. The highest BCUT2D eigenvalue weighted by atomic mass is 16.6. The summed E-state index contributed by atoms with van der Waals surface area (Å²) in [6.45, 7) is 8.54. The Morgan fingerprint density at radius 3 is 2.74 bits per heavy atom. The van der Waals surface area contributed by atoms with Crippen molar-refractivity contribution < 1.29 is 24.1 Å². The molecule has 2 saturated heterocycles. The van der Waals surface area contributed by atoms with E-state index in [1.54, 1.807) is 0 Å². The minimum Gasteiger partial charge on any atom is -0.444 e. The van der Waals surface area contributed by atoms with Gasteiger partial charge in [-0.3, -0.25) is 4.90 Å². The Hall–Kier alpha value is -0.850. The van der Waals surface area contributed by atoms with Crippen LogP contribution in [0.2, 0.25) is 0 Å². The zero-order valence-corrected chi connectivity index (χ0v) is 12.0. The molecule has 4 atom stereocenters. The number of fused-ring (bicyclic) bond motifs is 1. The maximum atomic E-state index is 12.2. The van der Waals surface area contributed by atoms with E-state index in [0.717, 1.165) is 0 Å². The normalized spacial score (nSPS) is 34.5. The average molecular weight is 273 g/mol. The molecule has 6 heteroatoms. The van der Waals surface area contributed by atoms with E-state index >= 15 is 0 Å². The molecular formula is C13H23NO5. The second-order valence-electron chi connectivity index (χ2n) is 5.98. The van der Waals surface area contributed by atoms with E-state index in [1.165, 1.54) is 4.90 Å². The van der Waals surface area contributed by atoms with Crippen LogP contribution < -0.4 is 0 Å². The number of carbonyl (C=O) groups is 1. The Kier molecular flexibility index (Phi) is 4.03.